The molecule has 0 aliphatic carbocycles. The Hall–Kier alpha value is -4.13. The average Bonchev–Trinajstić information content (AvgIpc) is 3.82. The van der Waals surface area contributed by atoms with E-state index in [1.54, 1.807) is 29.5 Å². The van der Waals surface area contributed by atoms with Crippen LogP contribution in [-0.2, 0) is 11.3 Å². The van der Waals surface area contributed by atoms with Crippen molar-refractivity contribution in [1.82, 2.24) is 25.1 Å². The zero-order valence-corrected chi connectivity index (χ0v) is 24.0. The largest absolute Gasteiger partial charge is 0.344 e. The van der Waals surface area contributed by atoms with Gasteiger partial charge < -0.3 is 5.32 Å². The van der Waals surface area contributed by atoms with Crippen LogP contribution >= 0.6 is 34.4 Å². The van der Waals surface area contributed by atoms with Gasteiger partial charge in [0, 0.05) is 12.1 Å². The fourth-order valence-corrected chi connectivity index (χ4v) is 6.65. The third kappa shape index (κ3) is 5.99. The van der Waals surface area contributed by atoms with Crippen LogP contribution in [0.2, 0.25) is 0 Å². The summed E-state index contributed by atoms with van der Waals surface area (Å²) in [6.45, 7) is 0.167. The molecule has 1 N–H and O–H groups in total. The summed E-state index contributed by atoms with van der Waals surface area (Å²) in [6, 6.07) is 22.9. The zero-order valence-electron chi connectivity index (χ0n) is 21.5. The number of benzene rings is 2. The molecule has 3 aromatic heterocycles. The number of carbonyl (C=O) groups is 2. The van der Waals surface area contributed by atoms with Crippen molar-refractivity contribution in [1.29, 1.82) is 0 Å². The van der Waals surface area contributed by atoms with Crippen molar-refractivity contribution in [2.75, 3.05) is 5.75 Å². The molecule has 5 aromatic rings. The Labute approximate surface area is 247 Å². The highest BCUT2D eigenvalue weighted by Gasteiger charge is 2.33. The number of hydrogen-bond acceptors (Lipinski definition) is 8. The smallest absolute Gasteiger partial charge is 0.261 e. The number of hydrogen-bond donors (Lipinski definition) is 1. The fraction of sp³-hybridized carbons (Fsp3) is 0.138. The third-order valence-electron chi connectivity index (χ3n) is 6.42. The molecule has 0 spiro atoms. The molecule has 1 aliphatic heterocycles. The topological polar surface area (TPSA) is 92.5 Å². The van der Waals surface area contributed by atoms with Crippen LogP contribution in [0.1, 0.15) is 38.4 Å². The quantitative estimate of drug-likeness (QED) is 0.211. The number of para-hydroxylation sites is 1. The number of thiophene rings is 2. The molecule has 8 nitrogen and oxygen atoms in total. The lowest BCUT2D eigenvalue weighted by atomic mass is 10.0. The summed E-state index contributed by atoms with van der Waals surface area (Å²) >= 11 is 4.18. The van der Waals surface area contributed by atoms with Crippen molar-refractivity contribution in [2.45, 2.75) is 24.2 Å². The van der Waals surface area contributed by atoms with Crippen molar-refractivity contribution < 1.29 is 14.0 Å². The standard InChI is InChI=1S/C29H23FN6O2S3/c30-20-12-10-19(11-13-20)23-16-22(24-8-4-14-39-24)34-36(23)27(37)18-41-29-33-32-26(35(29)21-6-2-1-3-7-21)17-31-28(38)25-9-5-15-40-25/h1-15,23H,16-18H2,(H,31,38)/t23-/m0/s1. The van der Waals surface area contributed by atoms with E-state index in [4.69, 9.17) is 5.10 Å². The number of rotatable bonds is 9. The molecule has 2 aromatic carbocycles. The predicted molar refractivity (Wildman–Crippen MR) is 159 cm³/mol. The lowest BCUT2D eigenvalue weighted by Crippen LogP contribution is -2.28. The molecule has 0 saturated carbocycles. The Kier molecular flexibility index (Phi) is 8.03. The SMILES string of the molecule is O=C(NCc1nnc(SCC(=O)N2N=C(c3cccs3)C[C@H]2c2ccc(F)cc2)n1-c1ccccc1)c1cccs1. The summed E-state index contributed by atoms with van der Waals surface area (Å²) < 4.78 is 15.5. The van der Waals surface area contributed by atoms with Crippen LogP contribution < -0.4 is 5.32 Å². The second-order valence-electron chi connectivity index (χ2n) is 9.05. The fourth-order valence-electron chi connectivity index (χ4n) is 4.47. The molecule has 206 valence electrons. The first-order chi connectivity index (χ1) is 20.1. The molecule has 0 unspecified atom stereocenters. The van der Waals surface area contributed by atoms with E-state index in [1.807, 2.05) is 63.9 Å². The molecular weight excluding hydrogens is 580 g/mol. The van der Waals surface area contributed by atoms with E-state index < -0.39 is 0 Å². The number of amides is 2. The Morgan fingerprint density at radius 3 is 2.46 bits per heavy atom. The van der Waals surface area contributed by atoms with Crippen molar-refractivity contribution >= 4 is 52.0 Å². The lowest BCUT2D eigenvalue weighted by Gasteiger charge is -2.22. The van der Waals surface area contributed by atoms with E-state index in [-0.39, 0.29) is 36.0 Å². The van der Waals surface area contributed by atoms with E-state index in [0.29, 0.717) is 22.3 Å². The van der Waals surface area contributed by atoms with E-state index in [9.17, 15) is 14.0 Å². The summed E-state index contributed by atoms with van der Waals surface area (Å²) in [5.74, 6) is -0.120. The number of hydrazone groups is 1. The molecule has 0 fully saturated rings. The summed E-state index contributed by atoms with van der Waals surface area (Å²) in [7, 11) is 0. The molecule has 0 saturated heterocycles. The van der Waals surface area contributed by atoms with Gasteiger partial charge >= 0.3 is 0 Å². The minimum absolute atomic E-state index is 0.0609. The van der Waals surface area contributed by atoms with Gasteiger partial charge in [0.25, 0.3) is 11.8 Å². The highest BCUT2D eigenvalue weighted by atomic mass is 32.2. The molecule has 1 atom stereocenters. The minimum Gasteiger partial charge on any atom is -0.344 e. The summed E-state index contributed by atoms with van der Waals surface area (Å²) in [5.41, 5.74) is 2.45. The first kappa shape index (κ1) is 27.1. The second kappa shape index (κ2) is 12.2. The van der Waals surface area contributed by atoms with E-state index in [1.165, 1.54) is 40.2 Å². The van der Waals surface area contributed by atoms with E-state index in [0.717, 1.165) is 21.8 Å². The number of halogens is 1. The van der Waals surface area contributed by atoms with Crippen LogP contribution in [0.25, 0.3) is 5.69 Å². The van der Waals surface area contributed by atoms with Crippen molar-refractivity contribution in [2.24, 2.45) is 5.10 Å². The molecule has 41 heavy (non-hydrogen) atoms. The Balaban J connectivity index is 1.23. The molecule has 4 heterocycles. The lowest BCUT2D eigenvalue weighted by molar-refractivity contribution is -0.130. The normalized spacial score (nSPS) is 14.7. The highest BCUT2D eigenvalue weighted by molar-refractivity contribution is 7.99. The van der Waals surface area contributed by atoms with Gasteiger partial charge in [0.15, 0.2) is 11.0 Å². The number of nitrogens with one attached hydrogen (secondary N) is 1. The van der Waals surface area contributed by atoms with Gasteiger partial charge in [-0.25, -0.2) is 9.40 Å². The van der Waals surface area contributed by atoms with Gasteiger partial charge in [-0.2, -0.15) is 5.10 Å². The van der Waals surface area contributed by atoms with Crippen LogP contribution in [0, 0.1) is 5.82 Å². The molecule has 12 heteroatoms. The van der Waals surface area contributed by atoms with Crippen LogP contribution in [0.5, 0.6) is 0 Å². The average molecular weight is 603 g/mol. The maximum Gasteiger partial charge on any atom is 0.261 e. The maximum absolute atomic E-state index is 13.6. The monoisotopic (exact) mass is 602 g/mol. The second-order valence-corrected chi connectivity index (χ2v) is 11.9. The summed E-state index contributed by atoms with van der Waals surface area (Å²) in [4.78, 5) is 27.7. The van der Waals surface area contributed by atoms with Crippen LogP contribution in [0.3, 0.4) is 0 Å². The van der Waals surface area contributed by atoms with Crippen molar-refractivity contribution in [3.63, 3.8) is 0 Å². The molecule has 2 amide bonds. The number of carbonyl (C=O) groups excluding carboxylic acids is 2. The molecular formula is C29H23FN6O2S3. The van der Waals surface area contributed by atoms with Gasteiger partial charge in [-0.15, -0.1) is 32.9 Å². The van der Waals surface area contributed by atoms with Crippen LogP contribution in [-0.4, -0.2) is 43.1 Å². The highest BCUT2D eigenvalue weighted by Crippen LogP contribution is 2.35. The third-order valence-corrected chi connectivity index (χ3v) is 9.12. The van der Waals surface area contributed by atoms with Crippen LogP contribution in [0.4, 0.5) is 4.39 Å². The number of nitrogens with zero attached hydrogens (tertiary/aromatic N) is 5. The van der Waals surface area contributed by atoms with E-state index in [2.05, 4.69) is 15.5 Å². The maximum atomic E-state index is 13.6. The Bertz CT molecular complexity index is 1670. The first-order valence-corrected chi connectivity index (χ1v) is 15.4. The van der Waals surface area contributed by atoms with Gasteiger partial charge in [-0.1, -0.05) is 54.2 Å². The predicted octanol–water partition coefficient (Wildman–Crippen LogP) is 5.93. The molecule has 6 rings (SSSR count). The van der Waals surface area contributed by atoms with Crippen molar-refractivity contribution in [3.8, 4) is 5.69 Å². The Morgan fingerprint density at radius 2 is 1.73 bits per heavy atom. The number of thioether (sulfide) groups is 1. The summed E-state index contributed by atoms with van der Waals surface area (Å²) in [6.07, 6.45) is 0.539. The molecule has 1 aliphatic rings. The minimum atomic E-state index is -0.337. The van der Waals surface area contributed by atoms with Crippen molar-refractivity contribution in [3.05, 3.63) is 117 Å². The Morgan fingerprint density at radius 1 is 0.951 bits per heavy atom. The van der Waals surface area contributed by atoms with E-state index >= 15 is 0 Å². The summed E-state index contributed by atoms with van der Waals surface area (Å²) in [5, 5.41) is 22.1. The van der Waals surface area contributed by atoms with Gasteiger partial charge in [0.1, 0.15) is 5.82 Å². The zero-order chi connectivity index (χ0) is 28.2. The van der Waals surface area contributed by atoms with Gasteiger partial charge in [0.2, 0.25) is 0 Å². The van der Waals surface area contributed by atoms with Gasteiger partial charge in [-0.3, -0.25) is 14.2 Å². The number of aromatic nitrogens is 3. The molecule has 0 radical (unpaired) electrons. The van der Waals surface area contributed by atoms with Crippen LogP contribution in [0.15, 0.2) is 99.9 Å². The first-order valence-electron chi connectivity index (χ1n) is 12.7. The molecule has 0 bridgehead atoms. The van der Waals surface area contributed by atoms with Gasteiger partial charge in [0.05, 0.1) is 33.8 Å². The van der Waals surface area contributed by atoms with Gasteiger partial charge in [-0.05, 0) is 52.7 Å².